The van der Waals surface area contributed by atoms with E-state index < -0.39 is 0 Å². The van der Waals surface area contributed by atoms with Crippen LogP contribution in [-0.4, -0.2) is 9.55 Å². The van der Waals surface area contributed by atoms with Gasteiger partial charge in [0.15, 0.2) is 0 Å². The van der Waals surface area contributed by atoms with Gasteiger partial charge in [-0.05, 0) is 36.4 Å². The molecule has 1 heterocycles. The fourth-order valence-electron chi connectivity index (χ4n) is 2.20. The normalized spacial score (nSPS) is 10.7. The number of aromatic nitrogens is 2. The van der Waals surface area contributed by atoms with E-state index in [9.17, 15) is 0 Å². The van der Waals surface area contributed by atoms with Gasteiger partial charge >= 0.3 is 0 Å². The lowest BCUT2D eigenvalue weighted by molar-refractivity contribution is 0.981. The Bertz CT molecular complexity index is 831. The molecular weight excluding hydrogens is 293 g/mol. The minimum atomic E-state index is 0.281. The summed E-state index contributed by atoms with van der Waals surface area (Å²) in [5.74, 6) is 1.00. The summed E-state index contributed by atoms with van der Waals surface area (Å²) in [6, 6.07) is 15.0. The van der Waals surface area contributed by atoms with Gasteiger partial charge in [-0.15, -0.1) is 11.6 Å². The van der Waals surface area contributed by atoms with Crippen LogP contribution in [0.3, 0.4) is 0 Å². The maximum atomic E-state index is 9.02. The number of nitriles is 1. The second kappa shape index (κ2) is 5.16. The summed E-state index contributed by atoms with van der Waals surface area (Å²) in [4.78, 5) is 4.49. The van der Waals surface area contributed by atoms with Crippen LogP contribution in [-0.2, 0) is 5.88 Å². The first-order chi connectivity index (χ1) is 9.72. The average molecular weight is 302 g/mol. The quantitative estimate of drug-likeness (QED) is 0.663. The SMILES string of the molecule is N#Cc1cccc(-n2c(CCl)nc3cc(Cl)ccc32)c1. The number of alkyl halides is 1. The van der Waals surface area contributed by atoms with Gasteiger partial charge in [0.2, 0.25) is 0 Å². The van der Waals surface area contributed by atoms with E-state index in [1.807, 2.05) is 34.9 Å². The van der Waals surface area contributed by atoms with Gasteiger partial charge in [0.25, 0.3) is 0 Å². The van der Waals surface area contributed by atoms with Crippen molar-refractivity contribution in [1.82, 2.24) is 9.55 Å². The number of benzene rings is 2. The van der Waals surface area contributed by atoms with Gasteiger partial charge in [-0.2, -0.15) is 5.26 Å². The molecule has 0 radical (unpaired) electrons. The Kier molecular flexibility index (Phi) is 3.35. The lowest BCUT2D eigenvalue weighted by atomic mass is 10.2. The number of nitrogens with zero attached hydrogens (tertiary/aromatic N) is 3. The topological polar surface area (TPSA) is 41.6 Å². The van der Waals surface area contributed by atoms with E-state index in [0.29, 0.717) is 10.6 Å². The summed E-state index contributed by atoms with van der Waals surface area (Å²) in [7, 11) is 0. The van der Waals surface area contributed by atoms with E-state index in [1.165, 1.54) is 0 Å². The first-order valence-electron chi connectivity index (χ1n) is 5.96. The molecule has 3 rings (SSSR count). The molecule has 0 saturated heterocycles. The highest BCUT2D eigenvalue weighted by atomic mass is 35.5. The molecule has 3 aromatic rings. The van der Waals surface area contributed by atoms with Crippen LogP contribution in [0.4, 0.5) is 0 Å². The van der Waals surface area contributed by atoms with Crippen LogP contribution >= 0.6 is 23.2 Å². The lowest BCUT2D eigenvalue weighted by Crippen LogP contribution is -1.99. The van der Waals surface area contributed by atoms with E-state index in [1.54, 1.807) is 12.1 Å². The monoisotopic (exact) mass is 301 g/mol. The van der Waals surface area contributed by atoms with Crippen molar-refractivity contribution < 1.29 is 0 Å². The highest BCUT2D eigenvalue weighted by molar-refractivity contribution is 6.31. The van der Waals surface area contributed by atoms with Gasteiger partial charge in [0.1, 0.15) is 5.82 Å². The predicted molar refractivity (Wildman–Crippen MR) is 80.4 cm³/mol. The molecule has 0 unspecified atom stereocenters. The van der Waals surface area contributed by atoms with Gasteiger partial charge in [0.05, 0.1) is 28.5 Å². The summed E-state index contributed by atoms with van der Waals surface area (Å²) in [5, 5.41) is 9.65. The van der Waals surface area contributed by atoms with Gasteiger partial charge < -0.3 is 0 Å². The zero-order valence-electron chi connectivity index (χ0n) is 10.3. The molecule has 0 aliphatic rings. The Morgan fingerprint density at radius 3 is 2.80 bits per heavy atom. The third kappa shape index (κ3) is 2.14. The average Bonchev–Trinajstić information content (AvgIpc) is 2.84. The Hall–Kier alpha value is -2.02. The number of hydrogen-bond donors (Lipinski definition) is 0. The summed E-state index contributed by atoms with van der Waals surface area (Å²) < 4.78 is 1.94. The first kappa shape index (κ1) is 13.0. The maximum absolute atomic E-state index is 9.02. The predicted octanol–water partition coefficient (Wildman–Crippen LogP) is 4.29. The van der Waals surface area contributed by atoms with Gasteiger partial charge in [-0.25, -0.2) is 4.98 Å². The molecule has 0 bridgehead atoms. The molecule has 20 heavy (non-hydrogen) atoms. The summed E-state index contributed by atoms with van der Waals surface area (Å²) in [6.07, 6.45) is 0. The number of rotatable bonds is 2. The van der Waals surface area contributed by atoms with Crippen molar-refractivity contribution in [2.75, 3.05) is 0 Å². The Labute approximate surface area is 126 Å². The number of halogens is 2. The molecule has 5 heteroatoms. The van der Waals surface area contributed by atoms with Crippen LogP contribution in [0, 0.1) is 11.3 Å². The van der Waals surface area contributed by atoms with Gasteiger partial charge in [0, 0.05) is 10.7 Å². The molecule has 0 fully saturated rings. The van der Waals surface area contributed by atoms with E-state index >= 15 is 0 Å². The van der Waals surface area contributed by atoms with Crippen LogP contribution in [0.5, 0.6) is 0 Å². The number of fused-ring (bicyclic) bond motifs is 1. The highest BCUT2D eigenvalue weighted by Gasteiger charge is 2.12. The largest absolute Gasteiger partial charge is 0.295 e. The van der Waals surface area contributed by atoms with Crippen molar-refractivity contribution in [2.45, 2.75) is 5.88 Å². The standard InChI is InChI=1S/C15H9Cl2N3/c16-8-15-19-13-7-11(17)4-5-14(13)20(15)12-3-1-2-10(6-12)9-18/h1-7H,8H2. The summed E-state index contributed by atoms with van der Waals surface area (Å²) in [5.41, 5.74) is 3.17. The molecule has 0 saturated carbocycles. The van der Waals surface area contributed by atoms with Crippen LogP contribution in [0.1, 0.15) is 11.4 Å². The van der Waals surface area contributed by atoms with E-state index in [0.717, 1.165) is 22.5 Å². The molecule has 0 aliphatic carbocycles. The summed E-state index contributed by atoms with van der Waals surface area (Å²) >= 11 is 12.0. The number of imidazole rings is 1. The van der Waals surface area contributed by atoms with Gasteiger partial charge in [-0.3, -0.25) is 4.57 Å². The lowest BCUT2D eigenvalue weighted by Gasteiger charge is -2.08. The Balaban J connectivity index is 2.31. The highest BCUT2D eigenvalue weighted by Crippen LogP contribution is 2.25. The fraction of sp³-hybridized carbons (Fsp3) is 0.0667. The minimum Gasteiger partial charge on any atom is -0.295 e. The molecule has 3 nitrogen and oxygen atoms in total. The van der Waals surface area contributed by atoms with Crippen molar-refractivity contribution in [1.29, 1.82) is 5.26 Å². The number of hydrogen-bond acceptors (Lipinski definition) is 2. The molecule has 1 aromatic heterocycles. The first-order valence-corrected chi connectivity index (χ1v) is 6.87. The molecule has 2 aromatic carbocycles. The Morgan fingerprint density at radius 2 is 2.05 bits per heavy atom. The smallest absolute Gasteiger partial charge is 0.129 e. The minimum absolute atomic E-state index is 0.281. The molecular formula is C15H9Cl2N3. The third-order valence-electron chi connectivity index (χ3n) is 3.04. The van der Waals surface area contributed by atoms with Crippen LogP contribution < -0.4 is 0 Å². The zero-order valence-corrected chi connectivity index (χ0v) is 11.9. The second-order valence-electron chi connectivity index (χ2n) is 4.29. The van der Waals surface area contributed by atoms with Crippen LogP contribution in [0.25, 0.3) is 16.7 Å². The van der Waals surface area contributed by atoms with Crippen molar-refractivity contribution in [3.05, 3.63) is 58.9 Å². The van der Waals surface area contributed by atoms with Crippen molar-refractivity contribution >= 4 is 34.2 Å². The fourth-order valence-corrected chi connectivity index (χ4v) is 2.54. The van der Waals surface area contributed by atoms with Crippen molar-refractivity contribution in [2.24, 2.45) is 0 Å². The molecule has 0 spiro atoms. The molecule has 0 aliphatic heterocycles. The van der Waals surface area contributed by atoms with Crippen LogP contribution in [0.2, 0.25) is 5.02 Å². The third-order valence-corrected chi connectivity index (χ3v) is 3.51. The molecule has 0 atom stereocenters. The second-order valence-corrected chi connectivity index (χ2v) is 5.00. The molecule has 0 N–H and O–H groups in total. The molecule has 98 valence electrons. The Morgan fingerprint density at radius 1 is 1.20 bits per heavy atom. The zero-order chi connectivity index (χ0) is 14.1. The van der Waals surface area contributed by atoms with E-state index in [-0.39, 0.29) is 5.88 Å². The van der Waals surface area contributed by atoms with E-state index in [4.69, 9.17) is 28.5 Å². The molecule has 0 amide bonds. The van der Waals surface area contributed by atoms with E-state index in [2.05, 4.69) is 11.1 Å². The van der Waals surface area contributed by atoms with Gasteiger partial charge in [-0.1, -0.05) is 17.7 Å². The van der Waals surface area contributed by atoms with Crippen molar-refractivity contribution in [3.63, 3.8) is 0 Å². The summed E-state index contributed by atoms with van der Waals surface area (Å²) in [6.45, 7) is 0. The maximum Gasteiger partial charge on any atom is 0.129 e. The van der Waals surface area contributed by atoms with Crippen LogP contribution in [0.15, 0.2) is 42.5 Å². The van der Waals surface area contributed by atoms with Crippen molar-refractivity contribution in [3.8, 4) is 11.8 Å².